The van der Waals surface area contributed by atoms with E-state index in [9.17, 15) is 14.9 Å². The van der Waals surface area contributed by atoms with Crippen LogP contribution in [0.1, 0.15) is 39.7 Å². The van der Waals surface area contributed by atoms with Gasteiger partial charge in [0.05, 0.1) is 10.6 Å². The van der Waals surface area contributed by atoms with Gasteiger partial charge in [0.25, 0.3) is 11.6 Å². The highest BCUT2D eigenvalue weighted by Crippen LogP contribution is 2.28. The Bertz CT molecular complexity index is 1520. The summed E-state index contributed by atoms with van der Waals surface area (Å²) in [7, 11) is 0. The van der Waals surface area contributed by atoms with Crippen molar-refractivity contribution in [2.75, 3.05) is 6.54 Å². The topological polar surface area (TPSA) is 103 Å². The molecule has 0 radical (unpaired) electrons. The summed E-state index contributed by atoms with van der Waals surface area (Å²) in [5, 5.41) is 18.9. The minimum Gasteiger partial charge on any atom is -0.460 e. The van der Waals surface area contributed by atoms with Gasteiger partial charge in [-0.25, -0.2) is 4.68 Å². The van der Waals surface area contributed by atoms with Crippen LogP contribution in [0.5, 0.6) is 0 Å². The highest BCUT2D eigenvalue weighted by Gasteiger charge is 2.21. The minimum absolute atomic E-state index is 0.0895. The first-order valence-electron chi connectivity index (χ1n) is 12.3. The summed E-state index contributed by atoms with van der Waals surface area (Å²) in [6.45, 7) is 2.24. The molecule has 1 amide bonds. The molecular weight excluding hydrogens is 480 g/mol. The number of hydrogen-bond donors (Lipinski definition) is 1. The number of nitro groups is 1. The van der Waals surface area contributed by atoms with Gasteiger partial charge < -0.3 is 9.73 Å². The molecule has 0 aliphatic heterocycles. The molecule has 5 aromatic rings. The number of nitro benzene ring substituents is 1. The quantitative estimate of drug-likeness (QED) is 0.187. The van der Waals surface area contributed by atoms with E-state index >= 15 is 0 Å². The number of furan rings is 1. The second-order valence-electron chi connectivity index (χ2n) is 8.93. The first-order valence-corrected chi connectivity index (χ1v) is 12.3. The van der Waals surface area contributed by atoms with Crippen molar-refractivity contribution in [1.82, 2.24) is 15.1 Å². The molecule has 38 heavy (non-hydrogen) atoms. The van der Waals surface area contributed by atoms with Crippen LogP contribution in [0, 0.1) is 17.0 Å². The van der Waals surface area contributed by atoms with E-state index in [1.54, 1.807) is 24.3 Å². The summed E-state index contributed by atoms with van der Waals surface area (Å²) in [6.07, 6.45) is 0.689. The van der Waals surface area contributed by atoms with Gasteiger partial charge in [-0.05, 0) is 42.7 Å². The largest absolute Gasteiger partial charge is 0.460 e. The second kappa shape index (κ2) is 11.0. The number of rotatable bonds is 9. The predicted octanol–water partition coefficient (Wildman–Crippen LogP) is 6.30. The summed E-state index contributed by atoms with van der Waals surface area (Å²) < 4.78 is 7.13. The lowest BCUT2D eigenvalue weighted by molar-refractivity contribution is -0.384. The van der Waals surface area contributed by atoms with Crippen LogP contribution in [0.3, 0.4) is 0 Å². The zero-order valence-corrected chi connectivity index (χ0v) is 20.8. The van der Waals surface area contributed by atoms with Crippen molar-refractivity contribution in [3.05, 3.63) is 136 Å². The molecule has 3 aromatic carbocycles. The molecule has 0 spiro atoms. The molecule has 1 N–H and O–H groups in total. The number of non-ortho nitro benzene ring substituents is 1. The Morgan fingerprint density at radius 3 is 2.24 bits per heavy atom. The molecule has 0 fully saturated rings. The van der Waals surface area contributed by atoms with Gasteiger partial charge in [-0.1, -0.05) is 66.7 Å². The molecule has 0 atom stereocenters. The number of aromatic nitrogens is 2. The average Bonchev–Trinajstić information content (AvgIpc) is 3.59. The van der Waals surface area contributed by atoms with Crippen LogP contribution < -0.4 is 5.32 Å². The van der Waals surface area contributed by atoms with Crippen molar-refractivity contribution in [2.24, 2.45) is 0 Å². The van der Waals surface area contributed by atoms with Crippen LogP contribution in [0.4, 0.5) is 5.69 Å². The van der Waals surface area contributed by atoms with Crippen LogP contribution in [0.15, 0.2) is 108 Å². The Labute approximate surface area is 219 Å². The summed E-state index contributed by atoms with van der Waals surface area (Å²) >= 11 is 0. The van der Waals surface area contributed by atoms with Gasteiger partial charge in [0.2, 0.25) is 0 Å². The Morgan fingerprint density at radius 1 is 0.947 bits per heavy atom. The molecule has 0 aliphatic rings. The number of carbonyl (C=O) groups is 1. The summed E-state index contributed by atoms with van der Waals surface area (Å²) in [4.78, 5) is 24.3. The monoisotopic (exact) mass is 506 g/mol. The lowest BCUT2D eigenvalue weighted by Gasteiger charge is -2.18. The molecule has 8 nitrogen and oxygen atoms in total. The lowest BCUT2D eigenvalue weighted by atomic mass is 9.88. The fraction of sp³-hybridized carbons (Fsp3) is 0.133. The number of aryl methyl sites for hydroxylation is 1. The number of hydrogen-bond acceptors (Lipinski definition) is 5. The summed E-state index contributed by atoms with van der Waals surface area (Å²) in [5.41, 5.74) is 3.38. The fourth-order valence-electron chi connectivity index (χ4n) is 4.49. The third kappa shape index (κ3) is 5.39. The first kappa shape index (κ1) is 24.7. The molecule has 0 bridgehead atoms. The van der Waals surface area contributed by atoms with Gasteiger partial charge >= 0.3 is 0 Å². The number of carbonyl (C=O) groups excluding carboxylic acids is 1. The van der Waals surface area contributed by atoms with Crippen molar-refractivity contribution in [3.63, 3.8) is 0 Å². The Balaban J connectivity index is 1.41. The maximum atomic E-state index is 13.4. The highest BCUT2D eigenvalue weighted by atomic mass is 16.6. The number of benzene rings is 3. The maximum absolute atomic E-state index is 13.4. The average molecular weight is 507 g/mol. The van der Waals surface area contributed by atoms with E-state index in [0.29, 0.717) is 35.9 Å². The molecular formula is C30H26N4O4. The van der Waals surface area contributed by atoms with Crippen molar-refractivity contribution in [2.45, 2.75) is 19.3 Å². The van der Waals surface area contributed by atoms with Crippen LogP contribution >= 0.6 is 0 Å². The molecule has 190 valence electrons. The molecule has 2 heterocycles. The number of nitrogens with one attached hydrogen (secondary N) is 1. The van der Waals surface area contributed by atoms with Crippen LogP contribution in [0.25, 0.3) is 17.1 Å². The van der Waals surface area contributed by atoms with E-state index in [4.69, 9.17) is 4.42 Å². The predicted molar refractivity (Wildman–Crippen MR) is 144 cm³/mol. The van der Waals surface area contributed by atoms with E-state index in [1.807, 2.05) is 49.4 Å². The third-order valence-electron chi connectivity index (χ3n) is 6.34. The van der Waals surface area contributed by atoms with Gasteiger partial charge in [0, 0.05) is 30.7 Å². The van der Waals surface area contributed by atoms with Crippen LogP contribution in [0.2, 0.25) is 0 Å². The van der Waals surface area contributed by atoms with Crippen LogP contribution in [-0.4, -0.2) is 27.2 Å². The van der Waals surface area contributed by atoms with Crippen molar-refractivity contribution < 1.29 is 14.1 Å². The third-order valence-corrected chi connectivity index (χ3v) is 6.34. The van der Waals surface area contributed by atoms with Gasteiger partial charge in [-0.2, -0.15) is 5.10 Å². The molecule has 5 rings (SSSR count). The van der Waals surface area contributed by atoms with Crippen molar-refractivity contribution >= 4 is 11.6 Å². The SMILES string of the molecule is Cc1ccc(-c2cc(C(=O)NCCC(c3ccccc3)c3ccccc3)n(-c3cccc([N+](=O)[O-])c3)n2)o1. The molecule has 0 saturated heterocycles. The van der Waals surface area contributed by atoms with Gasteiger partial charge in [0.15, 0.2) is 5.76 Å². The second-order valence-corrected chi connectivity index (χ2v) is 8.93. The van der Waals surface area contributed by atoms with Gasteiger partial charge in [-0.15, -0.1) is 0 Å². The molecule has 8 heteroatoms. The van der Waals surface area contributed by atoms with E-state index in [1.165, 1.54) is 27.9 Å². The Kier molecular flexibility index (Phi) is 7.13. The van der Waals surface area contributed by atoms with Gasteiger partial charge in [0.1, 0.15) is 17.1 Å². The summed E-state index contributed by atoms with van der Waals surface area (Å²) in [5.74, 6) is 0.997. The molecule has 2 aromatic heterocycles. The molecule has 0 aliphatic carbocycles. The van der Waals surface area contributed by atoms with Gasteiger partial charge in [-0.3, -0.25) is 14.9 Å². The fourth-order valence-corrected chi connectivity index (χ4v) is 4.49. The number of amides is 1. The number of nitrogens with zero attached hydrogens (tertiary/aromatic N) is 3. The lowest BCUT2D eigenvalue weighted by Crippen LogP contribution is -2.28. The zero-order chi connectivity index (χ0) is 26.5. The minimum atomic E-state index is -0.475. The van der Waals surface area contributed by atoms with Crippen molar-refractivity contribution in [1.29, 1.82) is 0 Å². The standard InChI is InChI=1S/C30H26N4O4/c1-21-15-16-29(38-21)27-20-28(33(32-27)24-13-8-14-25(19-24)34(36)37)30(35)31-18-17-26(22-9-4-2-5-10-22)23-11-6-3-7-12-23/h2-16,19-20,26H,17-18H2,1H3,(H,31,35). The molecule has 0 saturated carbocycles. The highest BCUT2D eigenvalue weighted by molar-refractivity contribution is 5.94. The van der Waals surface area contributed by atoms with E-state index < -0.39 is 4.92 Å². The van der Waals surface area contributed by atoms with E-state index in [-0.39, 0.29) is 23.2 Å². The Morgan fingerprint density at radius 2 is 1.63 bits per heavy atom. The van der Waals surface area contributed by atoms with Crippen molar-refractivity contribution in [3.8, 4) is 17.1 Å². The smallest absolute Gasteiger partial charge is 0.271 e. The molecule has 0 unspecified atom stereocenters. The maximum Gasteiger partial charge on any atom is 0.271 e. The Hall–Kier alpha value is -4.98. The van der Waals surface area contributed by atoms with E-state index in [0.717, 1.165) is 0 Å². The summed E-state index contributed by atoms with van der Waals surface area (Å²) in [6, 6.07) is 31.7. The van der Waals surface area contributed by atoms with E-state index in [2.05, 4.69) is 34.7 Å². The van der Waals surface area contributed by atoms with Crippen LogP contribution in [-0.2, 0) is 0 Å². The zero-order valence-electron chi connectivity index (χ0n) is 20.8. The normalized spacial score (nSPS) is 11.0. The first-order chi connectivity index (χ1) is 18.5.